The number of unbranched alkanes of at least 4 members (excludes halogenated alkanes) is 2. The van der Waals surface area contributed by atoms with Gasteiger partial charge in [-0.2, -0.15) is 5.10 Å². The Labute approximate surface area is 244 Å². The standard InChI is InChI=1S/C16H23N5O.C16H24N2O/c1-3-4-5-8-18-16(17)21-20-11-12-10-19-15-7-6-13(22-2)9-14(12)15;1-10-8-13(16(3,4)5)15(19)11(2)12(10)9-14-17-6-7-18-14/h6-7,9-11,19H,3-5,8H2,1-2H3,(H3,17,18,21);8,19H,6-7,9H2,1-5H3,(H,17,18)/b20-11+;. The zero-order chi connectivity index (χ0) is 30.0. The number of guanidine groups is 1. The summed E-state index contributed by atoms with van der Waals surface area (Å²) in [5.41, 5.74) is 14.9. The molecule has 9 heteroatoms. The van der Waals surface area contributed by atoms with Gasteiger partial charge < -0.3 is 25.9 Å². The fourth-order valence-corrected chi connectivity index (χ4v) is 4.71. The highest BCUT2D eigenvalue weighted by atomic mass is 16.5. The topological polar surface area (TPSA) is 132 Å². The van der Waals surface area contributed by atoms with Crippen molar-refractivity contribution < 1.29 is 9.84 Å². The number of ether oxygens (including phenoxy) is 1. The highest BCUT2D eigenvalue weighted by Crippen LogP contribution is 2.36. The molecule has 1 aliphatic heterocycles. The molecule has 0 saturated heterocycles. The molecule has 0 amide bonds. The van der Waals surface area contributed by atoms with Gasteiger partial charge in [0.05, 0.1) is 19.9 Å². The molecule has 0 unspecified atom stereocenters. The van der Waals surface area contributed by atoms with Crippen LogP contribution in [0.25, 0.3) is 10.9 Å². The normalized spacial score (nSPS) is 13.6. The summed E-state index contributed by atoms with van der Waals surface area (Å²) in [7, 11) is 1.65. The predicted molar refractivity (Wildman–Crippen MR) is 172 cm³/mol. The van der Waals surface area contributed by atoms with Crippen molar-refractivity contribution >= 4 is 28.9 Å². The lowest BCUT2D eigenvalue weighted by Gasteiger charge is -2.24. The summed E-state index contributed by atoms with van der Waals surface area (Å²) in [6.07, 6.45) is 7.78. The molecule has 9 nitrogen and oxygen atoms in total. The van der Waals surface area contributed by atoms with Crippen molar-refractivity contribution in [1.82, 2.24) is 15.7 Å². The van der Waals surface area contributed by atoms with E-state index in [1.54, 1.807) is 13.3 Å². The number of nitrogens with one attached hydrogen (secondary N) is 3. The lowest BCUT2D eigenvalue weighted by molar-refractivity contribution is 0.415. The number of benzene rings is 2. The number of H-pyrrole nitrogens is 1. The van der Waals surface area contributed by atoms with Crippen molar-refractivity contribution in [3.05, 3.63) is 58.3 Å². The van der Waals surface area contributed by atoms with Crippen molar-refractivity contribution in [3.8, 4) is 11.5 Å². The fourth-order valence-electron chi connectivity index (χ4n) is 4.71. The number of fused-ring (bicyclic) bond motifs is 1. The maximum atomic E-state index is 10.5. The lowest BCUT2D eigenvalue weighted by atomic mass is 9.82. The van der Waals surface area contributed by atoms with Crippen molar-refractivity contribution in [3.63, 3.8) is 0 Å². The van der Waals surface area contributed by atoms with E-state index in [0.29, 0.717) is 11.7 Å². The van der Waals surface area contributed by atoms with Gasteiger partial charge in [-0.3, -0.25) is 9.98 Å². The van der Waals surface area contributed by atoms with Gasteiger partial charge in [-0.05, 0) is 66.1 Å². The summed E-state index contributed by atoms with van der Waals surface area (Å²) in [4.78, 5) is 11.8. The van der Waals surface area contributed by atoms with Crippen LogP contribution in [0.3, 0.4) is 0 Å². The molecule has 41 heavy (non-hydrogen) atoms. The Morgan fingerprint density at radius 3 is 2.66 bits per heavy atom. The van der Waals surface area contributed by atoms with Gasteiger partial charge >= 0.3 is 0 Å². The minimum atomic E-state index is -0.0404. The number of hydrazone groups is 1. The van der Waals surface area contributed by atoms with Crippen molar-refractivity contribution in [2.75, 3.05) is 26.7 Å². The third kappa shape index (κ3) is 8.74. The number of aromatic nitrogens is 1. The molecule has 1 aromatic heterocycles. The molecular weight excluding hydrogens is 514 g/mol. The quantitative estimate of drug-likeness (QED) is 0.102. The number of amidine groups is 1. The van der Waals surface area contributed by atoms with E-state index in [1.165, 1.54) is 17.5 Å². The number of methoxy groups -OCH3 is 1. The van der Waals surface area contributed by atoms with Crippen molar-refractivity contribution in [2.45, 2.75) is 72.6 Å². The van der Waals surface area contributed by atoms with Crippen LogP contribution in [0.5, 0.6) is 11.5 Å². The first-order valence-corrected chi connectivity index (χ1v) is 14.4. The largest absolute Gasteiger partial charge is 0.507 e. The van der Waals surface area contributed by atoms with E-state index >= 15 is 0 Å². The second-order valence-corrected chi connectivity index (χ2v) is 11.4. The molecular formula is C32H47N7O2. The highest BCUT2D eigenvalue weighted by Gasteiger charge is 2.22. The molecule has 0 saturated carbocycles. The van der Waals surface area contributed by atoms with Crippen LogP contribution in [-0.4, -0.2) is 54.8 Å². The Kier molecular flexibility index (Phi) is 11.2. The van der Waals surface area contributed by atoms with Crippen molar-refractivity contribution in [1.29, 1.82) is 0 Å². The molecule has 0 radical (unpaired) electrons. The summed E-state index contributed by atoms with van der Waals surface area (Å²) < 4.78 is 5.24. The number of phenolic OH excluding ortho intramolecular Hbond substituents is 1. The molecule has 0 bridgehead atoms. The first-order valence-electron chi connectivity index (χ1n) is 14.4. The molecule has 2 aromatic carbocycles. The number of hydrogen-bond acceptors (Lipinski definition) is 6. The third-order valence-corrected chi connectivity index (χ3v) is 7.14. The maximum Gasteiger partial charge on any atom is 0.209 e. The maximum absolute atomic E-state index is 10.5. The van der Waals surface area contributed by atoms with Gasteiger partial charge in [0.1, 0.15) is 17.3 Å². The zero-order valence-electron chi connectivity index (χ0n) is 25.7. The summed E-state index contributed by atoms with van der Waals surface area (Å²) in [5.74, 6) is 2.62. The number of aliphatic imine (C=N–C) groups is 2. The highest BCUT2D eigenvalue weighted by molar-refractivity contribution is 5.99. The number of aromatic amines is 1. The number of aromatic hydroxyl groups is 1. The first kappa shape index (κ1) is 31.5. The van der Waals surface area contributed by atoms with Gasteiger partial charge in [0.25, 0.3) is 0 Å². The van der Waals surface area contributed by atoms with E-state index in [-0.39, 0.29) is 5.41 Å². The van der Waals surface area contributed by atoms with Crippen molar-refractivity contribution in [2.24, 2.45) is 20.8 Å². The van der Waals surface area contributed by atoms with Gasteiger partial charge in [-0.25, -0.2) is 5.43 Å². The summed E-state index contributed by atoms with van der Waals surface area (Å²) in [6.45, 7) is 15.2. The number of rotatable bonds is 9. The minimum absolute atomic E-state index is 0.0404. The molecule has 1 aliphatic rings. The predicted octanol–water partition coefficient (Wildman–Crippen LogP) is 5.46. The van der Waals surface area contributed by atoms with Crippen LogP contribution < -0.4 is 21.2 Å². The van der Waals surface area contributed by atoms with Crippen LogP contribution in [0, 0.1) is 13.8 Å². The molecule has 222 valence electrons. The molecule has 0 atom stereocenters. The number of aryl methyl sites for hydroxylation is 1. The molecule has 2 heterocycles. The van der Waals surface area contributed by atoms with Crippen LogP contribution in [0.15, 0.2) is 45.5 Å². The van der Waals surface area contributed by atoms with Crippen LogP contribution in [0.1, 0.15) is 74.8 Å². The lowest BCUT2D eigenvalue weighted by Crippen LogP contribution is -2.27. The van der Waals surface area contributed by atoms with E-state index in [2.05, 4.69) is 71.5 Å². The fraction of sp³-hybridized carbons (Fsp3) is 0.469. The van der Waals surface area contributed by atoms with Crippen LogP contribution in [-0.2, 0) is 11.8 Å². The van der Waals surface area contributed by atoms with Gasteiger partial charge in [-0.15, -0.1) is 0 Å². The number of hydrogen-bond donors (Lipinski definition) is 5. The van der Waals surface area contributed by atoms with Gasteiger partial charge in [0.2, 0.25) is 5.96 Å². The van der Waals surface area contributed by atoms with E-state index in [4.69, 9.17) is 10.5 Å². The minimum Gasteiger partial charge on any atom is -0.507 e. The summed E-state index contributed by atoms with van der Waals surface area (Å²) in [5, 5.41) is 18.9. The average molecular weight is 562 g/mol. The third-order valence-electron chi connectivity index (χ3n) is 7.14. The molecule has 4 rings (SSSR count). The molecule has 6 N–H and O–H groups in total. The van der Waals surface area contributed by atoms with Gasteiger partial charge in [0.15, 0.2) is 0 Å². The second-order valence-electron chi connectivity index (χ2n) is 11.4. The van der Waals surface area contributed by atoms with Gasteiger partial charge in [0, 0.05) is 42.2 Å². The van der Waals surface area contributed by atoms with E-state index < -0.39 is 0 Å². The molecule has 0 fully saturated rings. The Hall–Kier alpha value is -4.01. The van der Waals surface area contributed by atoms with E-state index in [0.717, 1.165) is 78.1 Å². The second kappa shape index (κ2) is 14.6. The Balaban J connectivity index is 0.000000228. The zero-order valence-corrected chi connectivity index (χ0v) is 25.7. The van der Waals surface area contributed by atoms with Crippen LogP contribution in [0.2, 0.25) is 0 Å². The summed E-state index contributed by atoms with van der Waals surface area (Å²) >= 11 is 0. The molecule has 3 aromatic rings. The smallest absolute Gasteiger partial charge is 0.209 e. The first-order chi connectivity index (χ1) is 19.5. The van der Waals surface area contributed by atoms with Crippen LogP contribution >= 0.6 is 0 Å². The average Bonchev–Trinajstić information content (AvgIpc) is 3.60. The number of phenols is 1. The van der Waals surface area contributed by atoms with Gasteiger partial charge in [-0.1, -0.05) is 46.6 Å². The molecule has 0 spiro atoms. The Bertz CT molecular complexity index is 1400. The number of nitrogens with zero attached hydrogens (tertiary/aromatic N) is 3. The summed E-state index contributed by atoms with van der Waals surface area (Å²) in [6, 6.07) is 7.98. The van der Waals surface area contributed by atoms with E-state index in [9.17, 15) is 5.11 Å². The SMILES string of the molecule is CCCCCN=C(N)N/N=C/c1c[nH]c2ccc(OC)cc12.Cc1cc(C(C)(C)C)c(O)c(C)c1CC1=NCCN1. The Morgan fingerprint density at radius 1 is 1.22 bits per heavy atom. The van der Waals surface area contributed by atoms with Crippen LogP contribution in [0.4, 0.5) is 0 Å². The Morgan fingerprint density at radius 2 is 2.00 bits per heavy atom. The number of nitrogens with two attached hydrogens (primary N) is 1. The monoisotopic (exact) mass is 561 g/mol. The molecule has 0 aliphatic carbocycles. The van der Waals surface area contributed by atoms with E-state index in [1.807, 2.05) is 31.3 Å².